The van der Waals surface area contributed by atoms with Crippen molar-refractivity contribution in [3.8, 4) is 0 Å². The lowest BCUT2D eigenvalue weighted by molar-refractivity contribution is 0.151. The molecule has 0 aromatic heterocycles. The topological polar surface area (TPSA) is 20.2 Å². The summed E-state index contributed by atoms with van der Waals surface area (Å²) in [5, 5.41) is 9.68. The van der Waals surface area contributed by atoms with Crippen LogP contribution in [0.2, 0.25) is 10.0 Å². The molecule has 1 aromatic carbocycles. The molecule has 0 bridgehead atoms. The molecular formula is C10H9Cl2FO. The first-order valence-corrected chi connectivity index (χ1v) is 5.12. The molecule has 0 radical (unpaired) electrons. The maximum absolute atomic E-state index is 13.0. The van der Waals surface area contributed by atoms with Gasteiger partial charge in [-0.1, -0.05) is 23.2 Å². The number of halogens is 3. The van der Waals surface area contributed by atoms with Crippen LogP contribution in [0.3, 0.4) is 0 Å². The first-order chi connectivity index (χ1) is 6.50. The third kappa shape index (κ3) is 2.02. The fourth-order valence-electron chi connectivity index (χ4n) is 1.41. The molecule has 1 nitrogen and oxygen atoms in total. The molecule has 0 spiro atoms. The van der Waals surface area contributed by atoms with Crippen molar-refractivity contribution in [3.05, 3.63) is 33.6 Å². The molecule has 0 atom stereocenters. The molecular weight excluding hydrogens is 226 g/mol. The van der Waals surface area contributed by atoms with E-state index in [1.54, 1.807) is 0 Å². The van der Waals surface area contributed by atoms with Crippen molar-refractivity contribution in [3.63, 3.8) is 0 Å². The van der Waals surface area contributed by atoms with Gasteiger partial charge in [0.25, 0.3) is 0 Å². The predicted molar refractivity (Wildman–Crippen MR) is 54.3 cm³/mol. The van der Waals surface area contributed by atoms with E-state index in [0.29, 0.717) is 6.42 Å². The van der Waals surface area contributed by atoms with Crippen LogP contribution in [-0.2, 0) is 6.42 Å². The van der Waals surface area contributed by atoms with Gasteiger partial charge in [0.15, 0.2) is 5.82 Å². The molecule has 14 heavy (non-hydrogen) atoms. The van der Waals surface area contributed by atoms with E-state index in [4.69, 9.17) is 23.2 Å². The number of hydrogen-bond donors (Lipinski definition) is 1. The first kappa shape index (κ1) is 10.2. The van der Waals surface area contributed by atoms with E-state index in [1.807, 2.05) is 0 Å². The van der Waals surface area contributed by atoms with Crippen molar-refractivity contribution >= 4 is 23.2 Å². The fraction of sp³-hybridized carbons (Fsp3) is 0.400. The zero-order valence-corrected chi connectivity index (χ0v) is 8.87. The molecule has 0 aliphatic heterocycles. The van der Waals surface area contributed by atoms with Crippen LogP contribution in [-0.4, -0.2) is 10.7 Å². The summed E-state index contributed by atoms with van der Waals surface area (Å²) in [4.78, 5) is 0. The van der Waals surface area contributed by atoms with Gasteiger partial charge in [0, 0.05) is 6.42 Å². The number of rotatable bonds is 2. The third-order valence-electron chi connectivity index (χ3n) is 2.40. The zero-order valence-electron chi connectivity index (χ0n) is 7.36. The van der Waals surface area contributed by atoms with Crippen molar-refractivity contribution in [1.82, 2.24) is 0 Å². The highest BCUT2D eigenvalue weighted by Gasteiger charge is 2.40. The van der Waals surface area contributed by atoms with Gasteiger partial charge < -0.3 is 5.11 Å². The summed E-state index contributed by atoms with van der Waals surface area (Å²) in [7, 11) is 0. The highest BCUT2D eigenvalue weighted by molar-refractivity contribution is 6.34. The molecule has 0 heterocycles. The molecule has 0 saturated heterocycles. The molecule has 76 valence electrons. The van der Waals surface area contributed by atoms with E-state index in [2.05, 4.69) is 0 Å². The quantitative estimate of drug-likeness (QED) is 0.780. The first-order valence-electron chi connectivity index (χ1n) is 4.36. The average Bonchev–Trinajstić information content (AvgIpc) is 2.79. The summed E-state index contributed by atoms with van der Waals surface area (Å²) in [5.74, 6) is -0.597. The Hall–Kier alpha value is -0.310. The summed E-state index contributed by atoms with van der Waals surface area (Å²) < 4.78 is 13.0. The van der Waals surface area contributed by atoms with Crippen LogP contribution >= 0.6 is 23.2 Å². The van der Waals surface area contributed by atoms with Gasteiger partial charge in [-0.15, -0.1) is 0 Å². The molecule has 1 fully saturated rings. The van der Waals surface area contributed by atoms with Gasteiger partial charge in [-0.05, 0) is 30.5 Å². The Balaban J connectivity index is 2.26. The standard InChI is InChI=1S/C10H9Cl2FO/c11-7-3-6(4-8(12)9(7)13)5-10(14)1-2-10/h3-4,14H,1-2,5H2. The van der Waals surface area contributed by atoms with Crippen molar-refractivity contribution in [1.29, 1.82) is 0 Å². The minimum absolute atomic E-state index is 0.0109. The van der Waals surface area contributed by atoms with Crippen molar-refractivity contribution in [2.24, 2.45) is 0 Å². The molecule has 2 rings (SSSR count). The lowest BCUT2D eigenvalue weighted by Crippen LogP contribution is -2.10. The Morgan fingerprint density at radius 2 is 1.79 bits per heavy atom. The van der Waals surface area contributed by atoms with Crippen molar-refractivity contribution < 1.29 is 9.50 Å². The van der Waals surface area contributed by atoms with Crippen LogP contribution in [0.15, 0.2) is 12.1 Å². The Labute approximate surface area is 91.5 Å². The highest BCUT2D eigenvalue weighted by atomic mass is 35.5. The predicted octanol–water partition coefficient (Wildman–Crippen LogP) is 3.20. The maximum atomic E-state index is 13.0. The van der Waals surface area contributed by atoms with Crippen LogP contribution in [0.4, 0.5) is 4.39 Å². The Morgan fingerprint density at radius 3 is 2.21 bits per heavy atom. The zero-order chi connectivity index (χ0) is 10.3. The molecule has 1 aliphatic carbocycles. The molecule has 1 saturated carbocycles. The Bertz CT molecular complexity index is 351. The summed E-state index contributed by atoms with van der Waals surface area (Å²) in [6.07, 6.45) is 2.08. The van der Waals surface area contributed by atoms with Crippen molar-refractivity contribution in [2.75, 3.05) is 0 Å². The van der Waals surface area contributed by atoms with Crippen LogP contribution in [0.5, 0.6) is 0 Å². The van der Waals surface area contributed by atoms with E-state index in [0.717, 1.165) is 18.4 Å². The normalized spacial score (nSPS) is 18.3. The van der Waals surface area contributed by atoms with E-state index < -0.39 is 11.4 Å². The van der Waals surface area contributed by atoms with Crippen LogP contribution in [0.1, 0.15) is 18.4 Å². The van der Waals surface area contributed by atoms with E-state index >= 15 is 0 Å². The Morgan fingerprint density at radius 1 is 1.29 bits per heavy atom. The largest absolute Gasteiger partial charge is 0.390 e. The van der Waals surface area contributed by atoms with Crippen molar-refractivity contribution in [2.45, 2.75) is 24.9 Å². The molecule has 0 amide bonds. The molecule has 1 N–H and O–H groups in total. The minimum Gasteiger partial charge on any atom is -0.390 e. The Kier molecular flexibility index (Phi) is 2.46. The molecule has 0 unspecified atom stereocenters. The van der Waals surface area contributed by atoms with Gasteiger partial charge in [-0.25, -0.2) is 4.39 Å². The van der Waals surface area contributed by atoms with Gasteiger partial charge in [-0.2, -0.15) is 0 Å². The molecule has 4 heteroatoms. The SMILES string of the molecule is OC1(Cc2cc(Cl)c(F)c(Cl)c2)CC1. The van der Waals surface area contributed by atoms with Gasteiger partial charge in [-0.3, -0.25) is 0 Å². The second-order valence-corrected chi connectivity index (χ2v) is 4.59. The van der Waals surface area contributed by atoms with E-state index in [-0.39, 0.29) is 10.0 Å². The summed E-state index contributed by atoms with van der Waals surface area (Å²) in [6, 6.07) is 3.03. The second kappa shape index (κ2) is 3.37. The van der Waals surface area contributed by atoms with Crippen LogP contribution in [0, 0.1) is 5.82 Å². The number of aliphatic hydroxyl groups is 1. The van der Waals surface area contributed by atoms with Gasteiger partial charge >= 0.3 is 0 Å². The van der Waals surface area contributed by atoms with Gasteiger partial charge in [0.05, 0.1) is 15.6 Å². The minimum atomic E-state index is -0.607. The molecule has 1 aliphatic rings. The summed E-state index contributed by atoms with van der Waals surface area (Å²) in [5.41, 5.74) is 0.172. The van der Waals surface area contributed by atoms with E-state index in [1.165, 1.54) is 12.1 Å². The lowest BCUT2D eigenvalue weighted by atomic mass is 10.1. The maximum Gasteiger partial charge on any atom is 0.160 e. The smallest absolute Gasteiger partial charge is 0.160 e. The van der Waals surface area contributed by atoms with Crippen LogP contribution in [0.25, 0.3) is 0 Å². The number of benzene rings is 1. The second-order valence-electron chi connectivity index (χ2n) is 3.77. The van der Waals surface area contributed by atoms with E-state index in [9.17, 15) is 9.50 Å². The lowest BCUT2D eigenvalue weighted by Gasteiger charge is -2.08. The molecule has 1 aromatic rings. The van der Waals surface area contributed by atoms with Crippen LogP contribution < -0.4 is 0 Å². The summed E-state index contributed by atoms with van der Waals surface area (Å²) in [6.45, 7) is 0. The highest BCUT2D eigenvalue weighted by Crippen LogP contribution is 2.39. The fourth-order valence-corrected chi connectivity index (χ4v) is 1.94. The van der Waals surface area contributed by atoms with Gasteiger partial charge in [0.2, 0.25) is 0 Å². The number of hydrogen-bond acceptors (Lipinski definition) is 1. The average molecular weight is 235 g/mol. The van der Waals surface area contributed by atoms with Gasteiger partial charge in [0.1, 0.15) is 0 Å². The summed E-state index contributed by atoms with van der Waals surface area (Å²) >= 11 is 11.3. The third-order valence-corrected chi connectivity index (χ3v) is 2.95. The monoisotopic (exact) mass is 234 g/mol.